The normalized spacial score (nSPS) is 17.9. The average Bonchev–Trinajstić information content (AvgIpc) is 3.17. The van der Waals surface area contributed by atoms with Gasteiger partial charge >= 0.3 is 5.97 Å². The van der Waals surface area contributed by atoms with E-state index in [1.54, 1.807) is 6.07 Å². The van der Waals surface area contributed by atoms with Crippen LogP contribution in [-0.4, -0.2) is 39.6 Å². The zero-order valence-corrected chi connectivity index (χ0v) is 11.2. The van der Waals surface area contributed by atoms with Gasteiger partial charge in [-0.3, -0.25) is 4.79 Å². The summed E-state index contributed by atoms with van der Waals surface area (Å²) in [6.07, 6.45) is 1.16. The standard InChI is InChI=1S/C15H14N2O4/c18-14(17-8-4-7-12(17)15(19)20)13-9-11(16-21-13)10-5-2-1-3-6-10/h1-3,5-6,9,12H,4,7-8H2,(H,19,20)/t12-/m1/s1. The van der Waals surface area contributed by atoms with Crippen LogP contribution >= 0.6 is 0 Å². The molecule has 0 unspecified atom stereocenters. The van der Waals surface area contributed by atoms with E-state index in [9.17, 15) is 9.59 Å². The van der Waals surface area contributed by atoms with Crippen molar-refractivity contribution in [2.45, 2.75) is 18.9 Å². The van der Waals surface area contributed by atoms with Gasteiger partial charge in [-0.1, -0.05) is 35.5 Å². The highest BCUT2D eigenvalue weighted by Gasteiger charge is 2.36. The van der Waals surface area contributed by atoms with Gasteiger partial charge in [-0.15, -0.1) is 0 Å². The Hall–Kier alpha value is -2.63. The van der Waals surface area contributed by atoms with Crippen molar-refractivity contribution in [3.63, 3.8) is 0 Å². The number of hydrogen-bond acceptors (Lipinski definition) is 4. The van der Waals surface area contributed by atoms with Crippen molar-refractivity contribution >= 4 is 11.9 Å². The van der Waals surface area contributed by atoms with Gasteiger partial charge in [0.2, 0.25) is 5.76 Å². The lowest BCUT2D eigenvalue weighted by Crippen LogP contribution is -2.40. The first-order valence-corrected chi connectivity index (χ1v) is 6.73. The summed E-state index contributed by atoms with van der Waals surface area (Å²) in [6.45, 7) is 0.428. The van der Waals surface area contributed by atoms with Gasteiger partial charge in [0.05, 0.1) is 0 Å². The van der Waals surface area contributed by atoms with E-state index in [2.05, 4.69) is 5.16 Å². The van der Waals surface area contributed by atoms with Crippen LogP contribution in [0.4, 0.5) is 0 Å². The number of carboxylic acid groups (broad SMARTS) is 1. The first-order chi connectivity index (χ1) is 10.2. The number of carboxylic acids is 1. The maximum atomic E-state index is 12.3. The van der Waals surface area contributed by atoms with Crippen LogP contribution in [0.5, 0.6) is 0 Å². The van der Waals surface area contributed by atoms with Crippen molar-refractivity contribution in [3.8, 4) is 11.3 Å². The average molecular weight is 286 g/mol. The van der Waals surface area contributed by atoms with Crippen molar-refractivity contribution < 1.29 is 19.2 Å². The fraction of sp³-hybridized carbons (Fsp3) is 0.267. The molecule has 1 fully saturated rings. The molecule has 6 nitrogen and oxygen atoms in total. The molecule has 1 aromatic carbocycles. The lowest BCUT2D eigenvalue weighted by atomic mass is 10.1. The van der Waals surface area contributed by atoms with Crippen LogP contribution in [0.25, 0.3) is 11.3 Å². The molecule has 1 aromatic heterocycles. The Morgan fingerprint density at radius 2 is 2.05 bits per heavy atom. The fourth-order valence-electron chi connectivity index (χ4n) is 2.53. The molecule has 108 valence electrons. The van der Waals surface area contributed by atoms with Crippen LogP contribution in [0.1, 0.15) is 23.4 Å². The Morgan fingerprint density at radius 3 is 2.76 bits per heavy atom. The third-order valence-corrected chi connectivity index (χ3v) is 3.59. The maximum absolute atomic E-state index is 12.3. The van der Waals surface area contributed by atoms with E-state index < -0.39 is 17.9 Å². The molecule has 6 heteroatoms. The largest absolute Gasteiger partial charge is 0.480 e. The van der Waals surface area contributed by atoms with Crippen molar-refractivity contribution in [1.82, 2.24) is 10.1 Å². The Balaban J connectivity index is 1.83. The highest BCUT2D eigenvalue weighted by atomic mass is 16.5. The maximum Gasteiger partial charge on any atom is 0.326 e. The van der Waals surface area contributed by atoms with E-state index in [0.29, 0.717) is 25.1 Å². The van der Waals surface area contributed by atoms with Crippen molar-refractivity contribution in [3.05, 3.63) is 42.2 Å². The third kappa shape index (κ3) is 2.52. The number of hydrogen-bond donors (Lipinski definition) is 1. The van der Waals surface area contributed by atoms with E-state index in [4.69, 9.17) is 9.63 Å². The summed E-state index contributed by atoms with van der Waals surface area (Å²) in [7, 11) is 0. The molecule has 0 aliphatic carbocycles. The smallest absolute Gasteiger partial charge is 0.326 e. The number of amides is 1. The first kappa shape index (κ1) is 13.4. The number of aromatic nitrogens is 1. The lowest BCUT2D eigenvalue weighted by Gasteiger charge is -2.19. The SMILES string of the molecule is O=C(O)[C@H]1CCCN1C(=O)c1cc(-c2ccccc2)no1. The Labute approximate surface area is 121 Å². The number of aliphatic carboxylic acids is 1. The predicted molar refractivity (Wildman–Crippen MR) is 73.6 cm³/mol. The van der Waals surface area contributed by atoms with E-state index in [1.807, 2.05) is 30.3 Å². The summed E-state index contributed by atoms with van der Waals surface area (Å²) >= 11 is 0. The summed E-state index contributed by atoms with van der Waals surface area (Å²) in [5.41, 5.74) is 1.40. The van der Waals surface area contributed by atoms with Crippen LogP contribution in [0.15, 0.2) is 40.9 Å². The molecule has 2 aromatic rings. The number of benzene rings is 1. The molecule has 0 bridgehead atoms. The summed E-state index contributed by atoms with van der Waals surface area (Å²) in [4.78, 5) is 24.8. The van der Waals surface area contributed by atoms with Crippen LogP contribution in [-0.2, 0) is 4.79 Å². The molecule has 0 spiro atoms. The van der Waals surface area contributed by atoms with Gasteiger partial charge in [-0.2, -0.15) is 0 Å². The predicted octanol–water partition coefficient (Wildman–Crippen LogP) is 2.03. The van der Waals surface area contributed by atoms with Gasteiger partial charge < -0.3 is 14.5 Å². The van der Waals surface area contributed by atoms with E-state index in [1.165, 1.54) is 4.90 Å². The van der Waals surface area contributed by atoms with Crippen LogP contribution in [0.3, 0.4) is 0 Å². The van der Waals surface area contributed by atoms with E-state index in [-0.39, 0.29) is 5.76 Å². The van der Waals surface area contributed by atoms with E-state index in [0.717, 1.165) is 5.56 Å². The van der Waals surface area contributed by atoms with Crippen LogP contribution in [0.2, 0.25) is 0 Å². The van der Waals surface area contributed by atoms with Crippen LogP contribution < -0.4 is 0 Å². The highest BCUT2D eigenvalue weighted by molar-refractivity contribution is 5.95. The third-order valence-electron chi connectivity index (χ3n) is 3.59. The Bertz CT molecular complexity index is 665. The summed E-state index contributed by atoms with van der Waals surface area (Å²) in [5.74, 6) is -1.33. The van der Waals surface area contributed by atoms with Gasteiger partial charge in [-0.05, 0) is 12.8 Å². The minimum atomic E-state index is -0.983. The molecule has 3 rings (SSSR count). The zero-order chi connectivity index (χ0) is 14.8. The summed E-state index contributed by atoms with van der Waals surface area (Å²) < 4.78 is 5.09. The molecule has 1 atom stereocenters. The number of likely N-dealkylation sites (tertiary alicyclic amines) is 1. The summed E-state index contributed by atoms with van der Waals surface area (Å²) in [6, 6.07) is 10.1. The quantitative estimate of drug-likeness (QED) is 0.933. The molecule has 1 N–H and O–H groups in total. The van der Waals surface area contributed by atoms with Gasteiger partial charge in [0.15, 0.2) is 0 Å². The molecule has 0 saturated carbocycles. The fourth-order valence-corrected chi connectivity index (χ4v) is 2.53. The molecule has 1 aliphatic heterocycles. The second kappa shape index (κ2) is 5.40. The van der Waals surface area contributed by atoms with Crippen LogP contribution in [0, 0.1) is 0 Å². The Morgan fingerprint density at radius 1 is 1.29 bits per heavy atom. The molecule has 21 heavy (non-hydrogen) atoms. The molecule has 1 aliphatic rings. The van der Waals surface area contributed by atoms with Gasteiger partial charge in [0.25, 0.3) is 5.91 Å². The number of carbonyl (C=O) groups is 2. The molecule has 0 radical (unpaired) electrons. The highest BCUT2D eigenvalue weighted by Crippen LogP contribution is 2.23. The lowest BCUT2D eigenvalue weighted by molar-refractivity contribution is -0.141. The van der Waals surface area contributed by atoms with Crippen molar-refractivity contribution in [2.24, 2.45) is 0 Å². The minimum absolute atomic E-state index is 0.0713. The molecule has 1 saturated heterocycles. The van der Waals surface area contributed by atoms with E-state index >= 15 is 0 Å². The monoisotopic (exact) mass is 286 g/mol. The minimum Gasteiger partial charge on any atom is -0.480 e. The van der Waals surface area contributed by atoms with Crippen molar-refractivity contribution in [2.75, 3.05) is 6.54 Å². The van der Waals surface area contributed by atoms with Gasteiger partial charge in [0, 0.05) is 18.2 Å². The number of carbonyl (C=O) groups excluding carboxylic acids is 1. The second-order valence-electron chi connectivity index (χ2n) is 4.94. The first-order valence-electron chi connectivity index (χ1n) is 6.73. The second-order valence-corrected chi connectivity index (χ2v) is 4.94. The van der Waals surface area contributed by atoms with Gasteiger partial charge in [-0.25, -0.2) is 4.79 Å². The summed E-state index contributed by atoms with van der Waals surface area (Å²) in [5, 5.41) is 13.0. The molecule has 2 heterocycles. The zero-order valence-electron chi connectivity index (χ0n) is 11.2. The topological polar surface area (TPSA) is 83.6 Å². The van der Waals surface area contributed by atoms with Crippen molar-refractivity contribution in [1.29, 1.82) is 0 Å². The number of nitrogens with zero attached hydrogens (tertiary/aromatic N) is 2. The van der Waals surface area contributed by atoms with Gasteiger partial charge in [0.1, 0.15) is 11.7 Å². The molecule has 1 amide bonds. The number of rotatable bonds is 3. The Kier molecular flexibility index (Phi) is 3.43. The molecular formula is C15H14N2O4. The molecular weight excluding hydrogens is 272 g/mol.